The van der Waals surface area contributed by atoms with E-state index in [0.29, 0.717) is 19.3 Å². The first kappa shape index (κ1) is 39.8. The van der Waals surface area contributed by atoms with Gasteiger partial charge in [-0.2, -0.15) is 0 Å². The Kier molecular flexibility index (Phi) is 18.2. The molecule has 1 saturated heterocycles. The van der Waals surface area contributed by atoms with Crippen LogP contribution in [0, 0.1) is 0 Å². The highest BCUT2D eigenvalue weighted by Crippen LogP contribution is 2.19. The maximum Gasteiger partial charge on any atom is 0.320 e. The van der Waals surface area contributed by atoms with E-state index in [1.54, 1.807) is 19.6 Å². The van der Waals surface area contributed by atoms with E-state index in [2.05, 4.69) is 16.0 Å². The Balaban J connectivity index is 2.01. The molecule has 0 spiro atoms. The molecule has 1 heterocycles. The molecule has 2 fully saturated rings. The molecule has 47 heavy (non-hydrogen) atoms. The van der Waals surface area contributed by atoms with Gasteiger partial charge >= 0.3 is 23.9 Å². The monoisotopic (exact) mass is 671 g/mol. The molecule has 268 valence electrons. The van der Waals surface area contributed by atoms with Crippen molar-refractivity contribution >= 4 is 35.7 Å². The van der Waals surface area contributed by atoms with Gasteiger partial charge < -0.3 is 36.4 Å². The topological polar surface area (TPSA) is 232 Å². The second-order valence-electron chi connectivity index (χ2n) is 12.3. The highest BCUT2D eigenvalue weighted by atomic mass is 16.4. The fourth-order valence-electron chi connectivity index (χ4n) is 6.05. The van der Waals surface area contributed by atoms with Crippen molar-refractivity contribution in [1.82, 2.24) is 35.6 Å². The number of carboxylic acid groups (broad SMARTS) is 4. The van der Waals surface area contributed by atoms with Crippen molar-refractivity contribution in [2.45, 2.75) is 69.5 Å². The Morgan fingerprint density at radius 1 is 0.617 bits per heavy atom. The molecule has 7 N–H and O–H groups in total. The lowest BCUT2D eigenvalue weighted by Crippen LogP contribution is -2.52. The summed E-state index contributed by atoms with van der Waals surface area (Å²) >= 11 is 0. The number of carboxylic acids is 4. The average Bonchev–Trinajstić information content (AvgIpc) is 2.98. The van der Waals surface area contributed by atoms with Gasteiger partial charge in [0.15, 0.2) is 0 Å². The molecule has 0 radical (unpaired) electrons. The normalized spacial score (nSPS) is 21.9. The smallest absolute Gasteiger partial charge is 0.320 e. The fourth-order valence-corrected chi connectivity index (χ4v) is 6.05. The van der Waals surface area contributed by atoms with Crippen molar-refractivity contribution < 1.29 is 49.2 Å². The zero-order valence-corrected chi connectivity index (χ0v) is 27.4. The molecule has 2 rings (SSSR count). The van der Waals surface area contributed by atoms with Gasteiger partial charge in [0.25, 0.3) is 0 Å². The van der Waals surface area contributed by atoms with E-state index in [9.17, 15) is 49.2 Å². The number of hydrogen-bond acceptors (Lipinski definition) is 11. The van der Waals surface area contributed by atoms with Gasteiger partial charge in [-0.25, -0.2) is 0 Å². The molecule has 1 unspecified atom stereocenters. The summed E-state index contributed by atoms with van der Waals surface area (Å²) in [5, 5.41) is 47.4. The fraction of sp³-hybridized carbons (Fsp3) is 0.800. The van der Waals surface area contributed by atoms with Gasteiger partial charge in [0.1, 0.15) is 6.04 Å². The number of hydrogen-bond donors (Lipinski definition) is 7. The van der Waals surface area contributed by atoms with Crippen molar-refractivity contribution in [1.29, 1.82) is 0 Å². The third kappa shape index (κ3) is 16.8. The second-order valence-corrected chi connectivity index (χ2v) is 12.3. The molecule has 1 atom stereocenters. The van der Waals surface area contributed by atoms with Crippen LogP contribution >= 0.6 is 0 Å². The maximum absolute atomic E-state index is 12.9. The van der Waals surface area contributed by atoms with Gasteiger partial charge in [-0.15, -0.1) is 0 Å². The van der Waals surface area contributed by atoms with Gasteiger partial charge in [0.2, 0.25) is 11.8 Å². The van der Waals surface area contributed by atoms with Gasteiger partial charge in [-0.1, -0.05) is 0 Å². The van der Waals surface area contributed by atoms with E-state index < -0.39 is 29.9 Å². The first-order chi connectivity index (χ1) is 22.4. The zero-order valence-electron chi connectivity index (χ0n) is 27.4. The van der Waals surface area contributed by atoms with Crippen molar-refractivity contribution in [3.05, 3.63) is 0 Å². The number of aliphatic carboxylic acids is 4. The van der Waals surface area contributed by atoms with E-state index in [4.69, 9.17) is 0 Å². The van der Waals surface area contributed by atoms with Crippen LogP contribution in [0.1, 0.15) is 51.4 Å². The number of nitrogens with zero attached hydrogens (tertiary/aromatic N) is 4. The molecule has 0 aromatic heterocycles. The third-order valence-electron chi connectivity index (χ3n) is 8.61. The molecule has 1 aliphatic carbocycles. The quantitative estimate of drug-likeness (QED) is 0.0849. The Labute approximate surface area is 275 Å². The molecule has 0 aromatic carbocycles. The predicted molar refractivity (Wildman–Crippen MR) is 170 cm³/mol. The average molecular weight is 672 g/mol. The Bertz CT molecular complexity index is 1010. The predicted octanol–water partition coefficient (Wildman–Crippen LogP) is -1.76. The summed E-state index contributed by atoms with van der Waals surface area (Å²) in [6, 6.07) is -1.07. The maximum atomic E-state index is 12.9. The second kappa shape index (κ2) is 21.5. The molecular formula is C30H53N7O10. The molecule has 0 bridgehead atoms. The SMILES string of the molecule is CNCCCC(=O)NC1CCC(NC(=O)CCC(C(=O)O)N2CCN(CC(=O)O)CCN(CC(=O)O)CCN(CC(=O)O)CC2)CC1. The number of rotatable bonds is 17. The first-order valence-electron chi connectivity index (χ1n) is 16.4. The Morgan fingerprint density at radius 3 is 1.36 bits per heavy atom. The molecule has 1 aliphatic heterocycles. The lowest BCUT2D eigenvalue weighted by Gasteiger charge is -2.35. The standard InChI is InChI=1S/C30H53N7O10/c1-31-10-2-3-25(38)32-22-4-6-23(7-5-22)33-26(39)9-8-24(30(46)47)37-17-15-35(20-28(42)43)13-11-34(19-27(40)41)12-14-36(16-18-37)21-29(44)45/h22-24,31H,2-21H2,1H3,(H,32,38)(H,33,39)(H,40,41)(H,42,43)(H,44,45)(H,46,47). The van der Waals surface area contributed by atoms with Crippen LogP contribution in [0.5, 0.6) is 0 Å². The molecule has 2 aliphatic rings. The summed E-state index contributed by atoms with van der Waals surface area (Å²) in [6.07, 6.45) is 4.05. The van der Waals surface area contributed by atoms with Crippen LogP contribution in [0.25, 0.3) is 0 Å². The van der Waals surface area contributed by atoms with E-state index in [1.165, 1.54) is 0 Å². The van der Waals surface area contributed by atoms with Crippen LogP contribution in [-0.4, -0.2) is 179 Å². The number of nitrogens with one attached hydrogen (secondary N) is 3. The number of amides is 2. The summed E-state index contributed by atoms with van der Waals surface area (Å²) in [7, 11) is 1.84. The van der Waals surface area contributed by atoms with Gasteiger partial charge in [-0.05, 0) is 52.1 Å². The summed E-state index contributed by atoms with van der Waals surface area (Å²) in [5.74, 6) is -4.60. The summed E-state index contributed by atoms with van der Waals surface area (Å²) in [6.45, 7) is 1.40. The molecule has 17 heteroatoms. The number of carbonyl (C=O) groups excluding carboxylic acids is 2. The van der Waals surface area contributed by atoms with Crippen LogP contribution in [0.15, 0.2) is 0 Å². The number of carbonyl (C=O) groups is 6. The van der Waals surface area contributed by atoms with Crippen molar-refractivity contribution in [3.63, 3.8) is 0 Å². The Morgan fingerprint density at radius 2 is 1.00 bits per heavy atom. The van der Waals surface area contributed by atoms with Crippen LogP contribution in [0.3, 0.4) is 0 Å². The largest absolute Gasteiger partial charge is 0.480 e. The Hall–Kier alpha value is -3.38. The highest BCUT2D eigenvalue weighted by molar-refractivity contribution is 5.79. The minimum atomic E-state index is -1.14. The molecule has 2 amide bonds. The van der Waals surface area contributed by atoms with Crippen molar-refractivity contribution in [2.75, 3.05) is 85.6 Å². The van der Waals surface area contributed by atoms with Crippen LogP contribution in [-0.2, 0) is 28.8 Å². The summed E-state index contributed by atoms with van der Waals surface area (Å²) in [5.41, 5.74) is 0. The minimum absolute atomic E-state index is 0.00341. The summed E-state index contributed by atoms with van der Waals surface area (Å²) in [4.78, 5) is 78.5. The van der Waals surface area contributed by atoms with Crippen molar-refractivity contribution in [3.8, 4) is 0 Å². The minimum Gasteiger partial charge on any atom is -0.480 e. The molecular weight excluding hydrogens is 618 g/mol. The third-order valence-corrected chi connectivity index (χ3v) is 8.61. The van der Waals surface area contributed by atoms with Crippen LogP contribution in [0.2, 0.25) is 0 Å². The van der Waals surface area contributed by atoms with E-state index in [0.717, 1.165) is 25.8 Å². The lowest BCUT2D eigenvalue weighted by molar-refractivity contribution is -0.145. The van der Waals surface area contributed by atoms with Gasteiger partial charge in [0, 0.05) is 77.3 Å². The van der Waals surface area contributed by atoms with E-state index in [-0.39, 0.29) is 109 Å². The van der Waals surface area contributed by atoms with E-state index in [1.807, 2.05) is 7.05 Å². The molecule has 1 saturated carbocycles. The molecule has 0 aromatic rings. The van der Waals surface area contributed by atoms with Crippen LogP contribution < -0.4 is 16.0 Å². The van der Waals surface area contributed by atoms with Gasteiger partial charge in [0.05, 0.1) is 19.6 Å². The van der Waals surface area contributed by atoms with Crippen molar-refractivity contribution in [2.24, 2.45) is 0 Å². The first-order valence-corrected chi connectivity index (χ1v) is 16.4. The summed E-state index contributed by atoms with van der Waals surface area (Å²) < 4.78 is 0. The highest BCUT2D eigenvalue weighted by Gasteiger charge is 2.29. The lowest BCUT2D eigenvalue weighted by atomic mass is 9.91. The van der Waals surface area contributed by atoms with E-state index >= 15 is 0 Å². The van der Waals surface area contributed by atoms with Crippen LogP contribution in [0.4, 0.5) is 0 Å². The molecule has 17 nitrogen and oxygen atoms in total. The zero-order chi connectivity index (χ0) is 34.8. The van der Waals surface area contributed by atoms with Gasteiger partial charge in [-0.3, -0.25) is 48.4 Å².